The average Bonchev–Trinajstić information content (AvgIpc) is 2.53. The van der Waals surface area contributed by atoms with Gasteiger partial charge in [-0.1, -0.05) is 19.1 Å². The number of para-hydroxylation sites is 1. The highest BCUT2D eigenvalue weighted by atomic mass is 16.5. The summed E-state index contributed by atoms with van der Waals surface area (Å²) in [6.07, 6.45) is 0.974. The van der Waals surface area contributed by atoms with Gasteiger partial charge < -0.3 is 14.5 Å². The van der Waals surface area contributed by atoms with Gasteiger partial charge in [-0.15, -0.1) is 0 Å². The molecule has 1 aromatic carbocycles. The van der Waals surface area contributed by atoms with E-state index in [-0.39, 0.29) is 0 Å². The maximum atomic E-state index is 5.83. The molecule has 0 aliphatic carbocycles. The number of ether oxygens (including phenoxy) is 1. The lowest BCUT2D eigenvalue weighted by atomic mass is 10.2. The molecule has 0 radical (unpaired) electrons. The first-order valence-electron chi connectivity index (χ1n) is 7.61. The van der Waals surface area contributed by atoms with Gasteiger partial charge >= 0.3 is 0 Å². The van der Waals surface area contributed by atoms with E-state index in [4.69, 9.17) is 9.72 Å². The molecule has 1 fully saturated rings. The van der Waals surface area contributed by atoms with Crippen molar-refractivity contribution >= 4 is 16.9 Å². The summed E-state index contributed by atoms with van der Waals surface area (Å²) in [5.41, 5.74) is 0.951. The molecule has 112 valence electrons. The summed E-state index contributed by atoms with van der Waals surface area (Å²) < 4.78 is 5.83. The van der Waals surface area contributed by atoms with Crippen LogP contribution in [0.4, 0.5) is 5.95 Å². The Morgan fingerprint density at radius 2 is 1.86 bits per heavy atom. The summed E-state index contributed by atoms with van der Waals surface area (Å²) in [5, 5.41) is 0.990. The summed E-state index contributed by atoms with van der Waals surface area (Å²) in [7, 11) is 2.15. The van der Waals surface area contributed by atoms with E-state index in [2.05, 4.69) is 28.8 Å². The minimum absolute atomic E-state index is 0.684. The average molecular weight is 286 g/mol. The summed E-state index contributed by atoms with van der Waals surface area (Å²) in [4.78, 5) is 13.9. The molecule has 0 unspecified atom stereocenters. The maximum absolute atomic E-state index is 5.83. The molecule has 1 saturated heterocycles. The predicted molar refractivity (Wildman–Crippen MR) is 85.0 cm³/mol. The molecule has 21 heavy (non-hydrogen) atoms. The lowest BCUT2D eigenvalue weighted by molar-refractivity contribution is 0.302. The maximum Gasteiger partial charge on any atom is 0.229 e. The molecule has 5 nitrogen and oxygen atoms in total. The quantitative estimate of drug-likeness (QED) is 0.861. The molecule has 0 N–H and O–H groups in total. The summed E-state index contributed by atoms with van der Waals surface area (Å²) >= 11 is 0. The number of fused-ring (bicyclic) bond motifs is 1. The Hall–Kier alpha value is -1.88. The van der Waals surface area contributed by atoms with E-state index in [0.717, 1.165) is 49.5 Å². The van der Waals surface area contributed by atoms with Crippen LogP contribution >= 0.6 is 0 Å². The van der Waals surface area contributed by atoms with E-state index in [1.54, 1.807) is 0 Å². The van der Waals surface area contributed by atoms with Gasteiger partial charge in [0.1, 0.15) is 0 Å². The number of anilines is 1. The van der Waals surface area contributed by atoms with Crippen molar-refractivity contribution in [2.75, 3.05) is 44.7 Å². The smallest absolute Gasteiger partial charge is 0.229 e. The molecule has 1 aromatic heterocycles. The lowest BCUT2D eigenvalue weighted by Gasteiger charge is -2.32. The van der Waals surface area contributed by atoms with Gasteiger partial charge in [-0.05, 0) is 25.6 Å². The largest absolute Gasteiger partial charge is 0.477 e. The van der Waals surface area contributed by atoms with E-state index in [1.807, 2.05) is 24.3 Å². The number of aromatic nitrogens is 2. The Kier molecular flexibility index (Phi) is 4.20. The number of piperazine rings is 1. The summed E-state index contributed by atoms with van der Waals surface area (Å²) in [5.74, 6) is 1.49. The highest BCUT2D eigenvalue weighted by molar-refractivity contribution is 5.84. The van der Waals surface area contributed by atoms with Gasteiger partial charge in [0.2, 0.25) is 11.8 Å². The Bertz CT molecular complexity index is 608. The van der Waals surface area contributed by atoms with E-state index in [1.165, 1.54) is 0 Å². The first-order valence-corrected chi connectivity index (χ1v) is 7.61. The van der Waals surface area contributed by atoms with Crippen LogP contribution in [0, 0.1) is 0 Å². The van der Waals surface area contributed by atoms with Crippen molar-refractivity contribution in [3.63, 3.8) is 0 Å². The molecule has 0 spiro atoms. The predicted octanol–water partition coefficient (Wildman–Crippen LogP) is 2.17. The second-order valence-corrected chi connectivity index (χ2v) is 5.48. The number of rotatable bonds is 4. The first-order chi connectivity index (χ1) is 10.3. The van der Waals surface area contributed by atoms with E-state index in [9.17, 15) is 0 Å². The summed E-state index contributed by atoms with van der Waals surface area (Å²) in [6, 6.07) is 8.05. The number of hydrogen-bond donors (Lipinski definition) is 0. The van der Waals surface area contributed by atoms with Gasteiger partial charge in [-0.2, -0.15) is 4.98 Å². The molecule has 0 saturated carbocycles. The van der Waals surface area contributed by atoms with Crippen LogP contribution in [0.5, 0.6) is 5.88 Å². The number of benzene rings is 1. The molecule has 1 aliphatic heterocycles. The third-order valence-electron chi connectivity index (χ3n) is 3.79. The Balaban J connectivity index is 1.95. The molecular weight excluding hydrogens is 264 g/mol. The molecule has 2 heterocycles. The van der Waals surface area contributed by atoms with Crippen molar-refractivity contribution in [2.24, 2.45) is 0 Å². The number of likely N-dealkylation sites (N-methyl/N-ethyl adjacent to an activating group) is 1. The molecule has 0 amide bonds. The van der Waals surface area contributed by atoms with Crippen LogP contribution in [0.25, 0.3) is 10.9 Å². The van der Waals surface area contributed by atoms with E-state index in [0.29, 0.717) is 12.5 Å². The Labute approximate surface area is 125 Å². The lowest BCUT2D eigenvalue weighted by Crippen LogP contribution is -2.45. The summed E-state index contributed by atoms with van der Waals surface area (Å²) in [6.45, 7) is 6.79. The van der Waals surface area contributed by atoms with Crippen molar-refractivity contribution in [3.05, 3.63) is 24.3 Å². The first kappa shape index (κ1) is 14.1. The standard InChI is InChI=1S/C16H22N4O/c1-3-12-21-15-13-6-4-5-7-14(13)17-16(18-15)20-10-8-19(2)9-11-20/h4-7H,3,8-12H2,1-2H3. The number of nitrogens with zero attached hydrogens (tertiary/aromatic N) is 4. The zero-order chi connectivity index (χ0) is 14.7. The van der Waals surface area contributed by atoms with Crippen molar-refractivity contribution in [2.45, 2.75) is 13.3 Å². The van der Waals surface area contributed by atoms with Gasteiger partial charge in [-0.25, -0.2) is 4.98 Å². The second kappa shape index (κ2) is 6.26. The Morgan fingerprint density at radius 3 is 2.62 bits per heavy atom. The van der Waals surface area contributed by atoms with Crippen LogP contribution in [0.3, 0.4) is 0 Å². The van der Waals surface area contributed by atoms with Gasteiger partial charge in [-0.3, -0.25) is 0 Å². The van der Waals surface area contributed by atoms with Crippen LogP contribution in [0.15, 0.2) is 24.3 Å². The second-order valence-electron chi connectivity index (χ2n) is 5.48. The van der Waals surface area contributed by atoms with Gasteiger partial charge in [0.15, 0.2) is 0 Å². The van der Waals surface area contributed by atoms with E-state index < -0.39 is 0 Å². The molecular formula is C16H22N4O. The highest BCUT2D eigenvalue weighted by Gasteiger charge is 2.18. The SMILES string of the molecule is CCCOc1nc(N2CCN(C)CC2)nc2ccccc12. The van der Waals surface area contributed by atoms with Crippen molar-refractivity contribution < 1.29 is 4.74 Å². The van der Waals surface area contributed by atoms with E-state index >= 15 is 0 Å². The van der Waals surface area contributed by atoms with Crippen molar-refractivity contribution in [1.82, 2.24) is 14.9 Å². The van der Waals surface area contributed by atoms with Crippen molar-refractivity contribution in [3.8, 4) is 5.88 Å². The Morgan fingerprint density at radius 1 is 1.10 bits per heavy atom. The third-order valence-corrected chi connectivity index (χ3v) is 3.79. The fourth-order valence-corrected chi connectivity index (χ4v) is 2.49. The number of hydrogen-bond acceptors (Lipinski definition) is 5. The molecule has 3 rings (SSSR count). The topological polar surface area (TPSA) is 41.5 Å². The fraction of sp³-hybridized carbons (Fsp3) is 0.500. The van der Waals surface area contributed by atoms with Crippen LogP contribution in [-0.4, -0.2) is 54.7 Å². The molecule has 2 aromatic rings. The van der Waals surface area contributed by atoms with Crippen molar-refractivity contribution in [1.29, 1.82) is 0 Å². The molecule has 5 heteroatoms. The van der Waals surface area contributed by atoms with Crippen LogP contribution in [-0.2, 0) is 0 Å². The normalized spacial score (nSPS) is 16.4. The minimum Gasteiger partial charge on any atom is -0.477 e. The minimum atomic E-state index is 0.684. The van der Waals surface area contributed by atoms with Crippen LogP contribution < -0.4 is 9.64 Å². The zero-order valence-corrected chi connectivity index (χ0v) is 12.7. The van der Waals surface area contributed by atoms with Gasteiger partial charge in [0.05, 0.1) is 17.5 Å². The van der Waals surface area contributed by atoms with Gasteiger partial charge in [0.25, 0.3) is 0 Å². The monoisotopic (exact) mass is 286 g/mol. The van der Waals surface area contributed by atoms with Gasteiger partial charge in [0, 0.05) is 26.2 Å². The zero-order valence-electron chi connectivity index (χ0n) is 12.7. The fourth-order valence-electron chi connectivity index (χ4n) is 2.49. The van der Waals surface area contributed by atoms with Crippen LogP contribution in [0.1, 0.15) is 13.3 Å². The third kappa shape index (κ3) is 3.08. The molecule has 1 aliphatic rings. The molecule has 0 bridgehead atoms. The molecule has 0 atom stereocenters. The van der Waals surface area contributed by atoms with Crippen LogP contribution in [0.2, 0.25) is 0 Å². The highest BCUT2D eigenvalue weighted by Crippen LogP contribution is 2.25.